The van der Waals surface area contributed by atoms with E-state index in [0.29, 0.717) is 12.5 Å². The minimum absolute atomic E-state index is 0.109. The van der Waals surface area contributed by atoms with Gasteiger partial charge < -0.3 is 10.1 Å². The zero-order valence-electron chi connectivity index (χ0n) is 10.3. The Kier molecular flexibility index (Phi) is 6.88. The Bertz CT molecular complexity index is 207. The molecule has 1 N–H and O–H groups in total. The molecule has 0 aromatic heterocycles. The first-order valence-corrected chi connectivity index (χ1v) is 7.25. The predicted octanol–water partition coefficient (Wildman–Crippen LogP) is 2.06. The van der Waals surface area contributed by atoms with E-state index in [4.69, 9.17) is 0 Å². The molecule has 94 valence electrons. The van der Waals surface area contributed by atoms with Gasteiger partial charge in [-0.3, -0.25) is 4.79 Å². The van der Waals surface area contributed by atoms with Gasteiger partial charge in [0.2, 0.25) is 0 Å². The number of rotatable bonds is 9. The summed E-state index contributed by atoms with van der Waals surface area (Å²) < 4.78 is 4.58. The molecule has 1 unspecified atom stereocenters. The zero-order valence-corrected chi connectivity index (χ0v) is 11.1. The molecular weight excluding hydrogens is 222 g/mol. The summed E-state index contributed by atoms with van der Waals surface area (Å²) in [5, 5.41) is 3.52. The third-order valence-corrected chi connectivity index (χ3v) is 3.79. The molecule has 0 spiro atoms. The number of ether oxygens (including phenoxy) is 1. The topological polar surface area (TPSA) is 38.3 Å². The van der Waals surface area contributed by atoms with Crippen LogP contribution in [0.15, 0.2) is 0 Å². The van der Waals surface area contributed by atoms with Crippen LogP contribution < -0.4 is 5.32 Å². The first kappa shape index (κ1) is 13.8. The average molecular weight is 245 g/mol. The van der Waals surface area contributed by atoms with Gasteiger partial charge in [-0.25, -0.2) is 0 Å². The van der Waals surface area contributed by atoms with Crippen molar-refractivity contribution in [2.24, 2.45) is 5.92 Å². The number of nitrogens with one attached hydrogen (secondary N) is 1. The van der Waals surface area contributed by atoms with Crippen LogP contribution in [0.4, 0.5) is 0 Å². The fraction of sp³-hybridized carbons (Fsp3) is 0.917. The lowest BCUT2D eigenvalue weighted by Crippen LogP contribution is -2.28. The van der Waals surface area contributed by atoms with Crippen molar-refractivity contribution in [1.29, 1.82) is 0 Å². The van der Waals surface area contributed by atoms with Crippen molar-refractivity contribution in [2.75, 3.05) is 25.2 Å². The van der Waals surface area contributed by atoms with Gasteiger partial charge in [0, 0.05) is 24.1 Å². The number of hydrogen-bond donors (Lipinski definition) is 1. The lowest BCUT2D eigenvalue weighted by atomic mass is 10.2. The van der Waals surface area contributed by atoms with Crippen molar-refractivity contribution in [1.82, 2.24) is 5.32 Å². The fourth-order valence-corrected chi connectivity index (χ4v) is 2.45. The van der Waals surface area contributed by atoms with Gasteiger partial charge in [0.25, 0.3) is 0 Å². The molecule has 1 atom stereocenters. The lowest BCUT2D eigenvalue weighted by molar-refractivity contribution is -0.140. The van der Waals surface area contributed by atoms with Gasteiger partial charge >= 0.3 is 5.97 Å². The Balaban J connectivity index is 1.81. The Morgan fingerprint density at radius 2 is 2.25 bits per heavy atom. The molecule has 0 radical (unpaired) electrons. The van der Waals surface area contributed by atoms with E-state index >= 15 is 0 Å². The van der Waals surface area contributed by atoms with E-state index in [2.05, 4.69) is 17.0 Å². The molecule has 4 heteroatoms. The van der Waals surface area contributed by atoms with E-state index in [-0.39, 0.29) is 5.97 Å². The highest BCUT2D eigenvalue weighted by Crippen LogP contribution is 2.33. The minimum Gasteiger partial charge on any atom is -0.469 e. The molecule has 0 aromatic carbocycles. The molecule has 1 aliphatic carbocycles. The number of methoxy groups -OCH3 is 1. The van der Waals surface area contributed by atoms with Crippen LogP contribution in [0.5, 0.6) is 0 Å². The standard InChI is InChI=1S/C12H23NO2S/c1-10(9-11-3-4-11)13-6-8-16-7-5-12(14)15-2/h10-11,13H,3-9H2,1-2H3. The van der Waals surface area contributed by atoms with E-state index in [1.165, 1.54) is 26.4 Å². The molecule has 0 amide bonds. The molecule has 16 heavy (non-hydrogen) atoms. The third-order valence-electron chi connectivity index (χ3n) is 2.80. The largest absolute Gasteiger partial charge is 0.469 e. The van der Waals surface area contributed by atoms with E-state index in [0.717, 1.165) is 24.0 Å². The van der Waals surface area contributed by atoms with Crippen LogP contribution in [0.3, 0.4) is 0 Å². The van der Waals surface area contributed by atoms with Gasteiger partial charge in [-0.2, -0.15) is 11.8 Å². The highest BCUT2D eigenvalue weighted by molar-refractivity contribution is 7.99. The summed E-state index contributed by atoms with van der Waals surface area (Å²) in [6.45, 7) is 3.30. The quantitative estimate of drug-likeness (QED) is 0.498. The first-order valence-electron chi connectivity index (χ1n) is 6.10. The summed E-state index contributed by atoms with van der Waals surface area (Å²) in [5.74, 6) is 2.83. The van der Waals surface area contributed by atoms with E-state index in [9.17, 15) is 4.79 Å². The van der Waals surface area contributed by atoms with Crippen molar-refractivity contribution in [3.05, 3.63) is 0 Å². The second kappa shape index (κ2) is 7.96. The predicted molar refractivity (Wildman–Crippen MR) is 68.8 cm³/mol. The van der Waals surface area contributed by atoms with E-state index in [1.54, 1.807) is 0 Å². The summed E-state index contributed by atoms with van der Waals surface area (Å²) in [7, 11) is 1.44. The maximum atomic E-state index is 10.8. The summed E-state index contributed by atoms with van der Waals surface area (Å²) in [6.07, 6.45) is 4.71. The van der Waals surface area contributed by atoms with Crippen LogP contribution in [0.1, 0.15) is 32.6 Å². The summed E-state index contributed by atoms with van der Waals surface area (Å²) >= 11 is 1.81. The Hall–Kier alpha value is -0.220. The van der Waals surface area contributed by atoms with Crippen LogP contribution in [-0.2, 0) is 9.53 Å². The molecule has 0 saturated heterocycles. The van der Waals surface area contributed by atoms with Crippen LogP contribution >= 0.6 is 11.8 Å². The number of carbonyl (C=O) groups is 1. The van der Waals surface area contributed by atoms with E-state index < -0.39 is 0 Å². The van der Waals surface area contributed by atoms with E-state index in [1.807, 2.05) is 11.8 Å². The molecule has 1 rings (SSSR count). The summed E-state index contributed by atoms with van der Waals surface area (Å²) in [4.78, 5) is 10.8. The number of hydrogen-bond acceptors (Lipinski definition) is 4. The minimum atomic E-state index is -0.109. The maximum absolute atomic E-state index is 10.8. The Morgan fingerprint density at radius 1 is 1.50 bits per heavy atom. The van der Waals surface area contributed by atoms with Crippen LogP contribution in [-0.4, -0.2) is 37.2 Å². The molecule has 1 aliphatic rings. The second-order valence-corrected chi connectivity index (χ2v) is 5.70. The van der Waals surface area contributed by atoms with Gasteiger partial charge in [-0.05, 0) is 19.3 Å². The number of esters is 1. The van der Waals surface area contributed by atoms with Crippen molar-refractivity contribution >= 4 is 17.7 Å². The summed E-state index contributed by atoms with van der Waals surface area (Å²) in [6, 6.07) is 0.647. The SMILES string of the molecule is COC(=O)CCSCCNC(C)CC1CC1. The smallest absolute Gasteiger partial charge is 0.306 e. The van der Waals surface area contributed by atoms with Crippen molar-refractivity contribution in [2.45, 2.75) is 38.6 Å². The van der Waals surface area contributed by atoms with Crippen molar-refractivity contribution in [3.8, 4) is 0 Å². The van der Waals surface area contributed by atoms with Gasteiger partial charge in [0.15, 0.2) is 0 Å². The maximum Gasteiger partial charge on any atom is 0.306 e. The Labute approximate surface area is 103 Å². The normalized spacial score (nSPS) is 17.1. The van der Waals surface area contributed by atoms with Gasteiger partial charge in [0.05, 0.1) is 13.5 Å². The van der Waals surface area contributed by atoms with Crippen LogP contribution in [0, 0.1) is 5.92 Å². The van der Waals surface area contributed by atoms with Gasteiger partial charge in [0.1, 0.15) is 0 Å². The molecule has 1 saturated carbocycles. The first-order chi connectivity index (χ1) is 7.72. The number of carbonyl (C=O) groups excluding carboxylic acids is 1. The molecule has 3 nitrogen and oxygen atoms in total. The van der Waals surface area contributed by atoms with Crippen LogP contribution in [0.2, 0.25) is 0 Å². The molecule has 0 aliphatic heterocycles. The average Bonchev–Trinajstić information content (AvgIpc) is 3.06. The van der Waals surface area contributed by atoms with Crippen molar-refractivity contribution < 1.29 is 9.53 Å². The van der Waals surface area contributed by atoms with Gasteiger partial charge in [-0.1, -0.05) is 12.8 Å². The molecule has 0 heterocycles. The Morgan fingerprint density at radius 3 is 2.88 bits per heavy atom. The van der Waals surface area contributed by atoms with Gasteiger partial charge in [-0.15, -0.1) is 0 Å². The summed E-state index contributed by atoms with van der Waals surface area (Å²) in [5.41, 5.74) is 0. The monoisotopic (exact) mass is 245 g/mol. The highest BCUT2D eigenvalue weighted by Gasteiger charge is 2.22. The molecule has 1 fully saturated rings. The fourth-order valence-electron chi connectivity index (χ4n) is 1.67. The molecule has 0 bridgehead atoms. The molecule has 0 aromatic rings. The number of thioether (sulfide) groups is 1. The third kappa shape index (κ3) is 7.12. The molecular formula is C12H23NO2S. The van der Waals surface area contributed by atoms with Crippen LogP contribution in [0.25, 0.3) is 0 Å². The lowest BCUT2D eigenvalue weighted by Gasteiger charge is -2.12. The zero-order chi connectivity index (χ0) is 11.8. The second-order valence-electron chi connectivity index (χ2n) is 4.47. The van der Waals surface area contributed by atoms with Crippen molar-refractivity contribution in [3.63, 3.8) is 0 Å². The highest BCUT2D eigenvalue weighted by atomic mass is 32.2.